The number of hydrogen-bond acceptors (Lipinski definition) is 2. The predicted molar refractivity (Wildman–Crippen MR) is 274 cm³/mol. The van der Waals surface area contributed by atoms with Crippen LogP contribution in [0.5, 0.6) is 0 Å². The zero-order valence-corrected chi connectivity index (χ0v) is 35.2. The van der Waals surface area contributed by atoms with Gasteiger partial charge in [-0.15, -0.1) is 0 Å². The minimum atomic E-state index is 0.701. The van der Waals surface area contributed by atoms with Crippen molar-refractivity contribution in [3.05, 3.63) is 224 Å². The van der Waals surface area contributed by atoms with Crippen molar-refractivity contribution in [2.45, 2.75) is 0 Å². The molecule has 0 saturated heterocycles. The Kier molecular flexibility index (Phi) is 7.69. The van der Waals surface area contributed by atoms with Crippen LogP contribution in [0.25, 0.3) is 137 Å². The van der Waals surface area contributed by atoms with Crippen molar-refractivity contribution in [3.63, 3.8) is 0 Å². The average Bonchev–Trinajstić information content (AvgIpc) is 3.71. The molecule has 3 nitrogen and oxygen atoms in total. The molecule has 0 unspecified atom stereocenters. The fraction of sp³-hybridized carbons (Fsp3) is 0. The third kappa shape index (κ3) is 5.49. The highest BCUT2D eigenvalue weighted by Gasteiger charge is 2.19. The predicted octanol–water partition coefficient (Wildman–Crippen LogP) is 16.6. The van der Waals surface area contributed by atoms with E-state index in [2.05, 4.69) is 223 Å². The smallest absolute Gasteiger partial charge is 0.160 e. The molecule has 0 N–H and O–H groups in total. The molecule has 14 aromatic rings. The molecule has 14 rings (SSSR count). The van der Waals surface area contributed by atoms with E-state index in [1.807, 2.05) is 6.07 Å². The summed E-state index contributed by atoms with van der Waals surface area (Å²) in [7, 11) is 0. The van der Waals surface area contributed by atoms with E-state index < -0.39 is 0 Å². The fourth-order valence-electron chi connectivity index (χ4n) is 10.7. The van der Waals surface area contributed by atoms with Gasteiger partial charge in [0, 0.05) is 33.2 Å². The van der Waals surface area contributed by atoms with Crippen molar-refractivity contribution in [1.82, 2.24) is 14.5 Å². The molecule has 3 heteroatoms. The quantitative estimate of drug-likeness (QED) is 0.162. The lowest BCUT2D eigenvalue weighted by Gasteiger charge is -2.17. The standard InChI is InChI=1S/C62H37N3/c1-3-12-43(13-4-1)62-63-54(39-26-24-38(25-27-39)44-32-33-57-52(35-44)48-19-7-8-23-56(48)65(57)47-17-5-2-6-18-47)37-55(64-62)46-34-45-31-30-42-15-10-21-50-49-20-9-14-40-28-29-41-16-11-22-51(60(41)58(40)49)53(36-46)61(45)59(42)50/h1-37H. The summed E-state index contributed by atoms with van der Waals surface area (Å²) in [6.45, 7) is 0. The first-order valence-electron chi connectivity index (χ1n) is 22.3. The summed E-state index contributed by atoms with van der Waals surface area (Å²) < 4.78 is 2.36. The molecule has 0 spiro atoms. The van der Waals surface area contributed by atoms with Gasteiger partial charge in [0.25, 0.3) is 0 Å². The summed E-state index contributed by atoms with van der Waals surface area (Å²) in [6, 6.07) is 81.7. The maximum atomic E-state index is 5.35. The van der Waals surface area contributed by atoms with E-state index in [0.29, 0.717) is 5.82 Å². The molecule has 0 bridgehead atoms. The summed E-state index contributed by atoms with van der Waals surface area (Å²) in [6.07, 6.45) is 0. The zero-order valence-electron chi connectivity index (χ0n) is 35.2. The molecule has 2 aromatic heterocycles. The molecule has 300 valence electrons. The Hall–Kier alpha value is -8.66. The lowest BCUT2D eigenvalue weighted by molar-refractivity contribution is 1.18. The molecule has 65 heavy (non-hydrogen) atoms. The van der Waals surface area contributed by atoms with Crippen molar-refractivity contribution >= 4 is 86.4 Å². The van der Waals surface area contributed by atoms with E-state index >= 15 is 0 Å². The number of nitrogens with zero attached hydrogens (tertiary/aromatic N) is 3. The highest BCUT2D eigenvalue weighted by atomic mass is 15.0. The monoisotopic (exact) mass is 823 g/mol. The minimum absolute atomic E-state index is 0.701. The van der Waals surface area contributed by atoms with Gasteiger partial charge in [-0.3, -0.25) is 0 Å². The molecule has 0 fully saturated rings. The van der Waals surface area contributed by atoms with Crippen LogP contribution in [0.15, 0.2) is 224 Å². The molecule has 0 aliphatic carbocycles. The van der Waals surface area contributed by atoms with E-state index in [-0.39, 0.29) is 0 Å². The topological polar surface area (TPSA) is 30.7 Å². The van der Waals surface area contributed by atoms with Crippen LogP contribution in [-0.2, 0) is 0 Å². The van der Waals surface area contributed by atoms with Gasteiger partial charge in [0.1, 0.15) is 0 Å². The van der Waals surface area contributed by atoms with Gasteiger partial charge in [-0.2, -0.15) is 0 Å². The number of hydrogen-bond donors (Lipinski definition) is 0. The second kappa shape index (κ2) is 13.9. The lowest BCUT2D eigenvalue weighted by Crippen LogP contribution is -1.96. The summed E-state index contributed by atoms with van der Waals surface area (Å²) in [4.78, 5) is 10.6. The Bertz CT molecular complexity index is 4200. The SMILES string of the molecule is c1ccc(-c2nc(-c3ccc(-c4ccc5c(c4)c4ccccc4n5-c4ccccc4)cc3)cc(-c3cc4ccc5cccc6c7cccc8ccc9cccc(c(c3)c4c56)c9c87)n2)cc1. The van der Waals surface area contributed by atoms with Gasteiger partial charge in [-0.1, -0.05) is 176 Å². The molecular weight excluding hydrogens is 787 g/mol. The molecule has 0 amide bonds. The Labute approximate surface area is 374 Å². The molecule has 2 heterocycles. The highest BCUT2D eigenvalue weighted by molar-refractivity contribution is 6.37. The molecule has 0 atom stereocenters. The van der Waals surface area contributed by atoms with Gasteiger partial charge < -0.3 is 4.57 Å². The average molecular weight is 824 g/mol. The third-order valence-corrected chi connectivity index (χ3v) is 13.7. The first kappa shape index (κ1) is 35.9. The summed E-state index contributed by atoms with van der Waals surface area (Å²) in [5, 5.41) is 17.6. The molecule has 0 aliphatic heterocycles. The summed E-state index contributed by atoms with van der Waals surface area (Å²) in [5.41, 5.74) is 10.7. The van der Waals surface area contributed by atoms with E-state index in [0.717, 1.165) is 39.3 Å². The number of para-hydroxylation sites is 2. The minimum Gasteiger partial charge on any atom is -0.309 e. The van der Waals surface area contributed by atoms with Crippen molar-refractivity contribution in [3.8, 4) is 50.7 Å². The van der Waals surface area contributed by atoms with Gasteiger partial charge in [-0.05, 0) is 124 Å². The molecular formula is C62H37N3. The van der Waals surface area contributed by atoms with Crippen molar-refractivity contribution in [2.24, 2.45) is 0 Å². The van der Waals surface area contributed by atoms with Crippen LogP contribution >= 0.6 is 0 Å². The highest BCUT2D eigenvalue weighted by Crippen LogP contribution is 2.45. The number of rotatable bonds is 5. The Morgan fingerprint density at radius 2 is 0.754 bits per heavy atom. The van der Waals surface area contributed by atoms with Gasteiger partial charge >= 0.3 is 0 Å². The fourth-order valence-corrected chi connectivity index (χ4v) is 10.7. The Balaban J connectivity index is 0.959. The second-order valence-electron chi connectivity index (χ2n) is 17.3. The largest absolute Gasteiger partial charge is 0.309 e. The van der Waals surface area contributed by atoms with Crippen LogP contribution in [0.1, 0.15) is 0 Å². The maximum Gasteiger partial charge on any atom is 0.160 e. The van der Waals surface area contributed by atoms with Crippen molar-refractivity contribution in [2.75, 3.05) is 0 Å². The Morgan fingerprint density at radius 1 is 0.262 bits per heavy atom. The van der Waals surface area contributed by atoms with E-state index in [1.54, 1.807) is 0 Å². The second-order valence-corrected chi connectivity index (χ2v) is 17.3. The van der Waals surface area contributed by atoms with Gasteiger partial charge in [0.15, 0.2) is 5.82 Å². The number of benzene rings is 11. The van der Waals surface area contributed by atoms with Crippen molar-refractivity contribution < 1.29 is 0 Å². The lowest BCUT2D eigenvalue weighted by atomic mass is 9.87. The normalized spacial score (nSPS) is 12.0. The van der Waals surface area contributed by atoms with Crippen LogP contribution in [0.2, 0.25) is 0 Å². The van der Waals surface area contributed by atoms with E-state index in [9.17, 15) is 0 Å². The number of fused-ring (bicyclic) bond motifs is 5. The first-order chi connectivity index (χ1) is 32.2. The first-order valence-corrected chi connectivity index (χ1v) is 22.3. The third-order valence-electron chi connectivity index (χ3n) is 13.7. The van der Waals surface area contributed by atoms with E-state index in [4.69, 9.17) is 9.97 Å². The van der Waals surface area contributed by atoms with Crippen molar-refractivity contribution in [1.29, 1.82) is 0 Å². The maximum absolute atomic E-state index is 5.35. The summed E-state index contributed by atoms with van der Waals surface area (Å²) >= 11 is 0. The van der Waals surface area contributed by atoms with Gasteiger partial charge in [0.2, 0.25) is 0 Å². The molecule has 0 aliphatic rings. The van der Waals surface area contributed by atoms with Crippen LogP contribution in [0, 0.1) is 0 Å². The van der Waals surface area contributed by atoms with Gasteiger partial charge in [0.05, 0.1) is 22.4 Å². The van der Waals surface area contributed by atoms with Crippen LogP contribution < -0.4 is 0 Å². The van der Waals surface area contributed by atoms with E-state index in [1.165, 1.54) is 92.0 Å². The van der Waals surface area contributed by atoms with Crippen LogP contribution in [0.3, 0.4) is 0 Å². The summed E-state index contributed by atoms with van der Waals surface area (Å²) in [5.74, 6) is 0.701. The molecule has 0 radical (unpaired) electrons. The van der Waals surface area contributed by atoms with Crippen LogP contribution in [-0.4, -0.2) is 14.5 Å². The Morgan fingerprint density at radius 3 is 1.43 bits per heavy atom. The van der Waals surface area contributed by atoms with Crippen LogP contribution in [0.4, 0.5) is 0 Å². The number of aromatic nitrogens is 3. The zero-order chi connectivity index (χ0) is 42.6. The van der Waals surface area contributed by atoms with Gasteiger partial charge in [-0.25, -0.2) is 9.97 Å². The molecule has 0 saturated carbocycles. The molecule has 12 aromatic carbocycles.